The van der Waals surface area contributed by atoms with Gasteiger partial charge < -0.3 is 10.3 Å². The van der Waals surface area contributed by atoms with E-state index in [1.807, 2.05) is 20.8 Å². The summed E-state index contributed by atoms with van der Waals surface area (Å²) in [7, 11) is 0. The van der Waals surface area contributed by atoms with E-state index in [1.54, 1.807) is 11.3 Å². The van der Waals surface area contributed by atoms with Crippen molar-refractivity contribution in [1.29, 1.82) is 0 Å². The quantitative estimate of drug-likeness (QED) is 0.693. The second-order valence-corrected chi connectivity index (χ2v) is 5.30. The van der Waals surface area contributed by atoms with E-state index in [9.17, 15) is 0 Å². The van der Waals surface area contributed by atoms with Crippen molar-refractivity contribution >= 4 is 27.3 Å². The molecule has 0 radical (unpaired) electrons. The molecule has 0 saturated carbocycles. The fraction of sp³-hybridized carbons (Fsp3) is 0.273. The van der Waals surface area contributed by atoms with Crippen molar-refractivity contribution in [3.8, 4) is 11.3 Å². The van der Waals surface area contributed by atoms with Crippen molar-refractivity contribution in [3.63, 3.8) is 0 Å². The Bertz CT molecular complexity index is 687. The summed E-state index contributed by atoms with van der Waals surface area (Å²) in [6.07, 6.45) is 0. The maximum atomic E-state index is 5.93. The van der Waals surface area contributed by atoms with Gasteiger partial charge in [0.2, 0.25) is 5.58 Å². The minimum absolute atomic E-state index is 0.683. The largest absolute Gasteiger partial charge is 0.395 e. The molecule has 0 aliphatic rings. The highest BCUT2D eigenvalue weighted by molar-refractivity contribution is 7.20. The minimum atomic E-state index is 0.683. The molecule has 0 aliphatic carbocycles. The van der Waals surface area contributed by atoms with Crippen LogP contribution in [0.15, 0.2) is 4.52 Å². The number of nitrogens with one attached hydrogen (secondary N) is 1. The van der Waals surface area contributed by atoms with Crippen molar-refractivity contribution in [2.75, 3.05) is 5.73 Å². The standard InChI is InChI=1S/C11H12N4OS/c1-4-7(5(2)14-13-4)9-11-10(16-15-9)8(12)6(3)17-11/h12H2,1-3H3,(H,13,14). The second-order valence-electron chi connectivity index (χ2n) is 4.07. The SMILES string of the molecule is Cc1n[nH]c(C)c1-c1noc2c(N)c(C)sc12. The minimum Gasteiger partial charge on any atom is -0.395 e. The zero-order chi connectivity index (χ0) is 12.2. The summed E-state index contributed by atoms with van der Waals surface area (Å²) >= 11 is 1.60. The van der Waals surface area contributed by atoms with Gasteiger partial charge in [0.1, 0.15) is 10.4 Å². The van der Waals surface area contributed by atoms with Gasteiger partial charge in [-0.15, -0.1) is 11.3 Å². The van der Waals surface area contributed by atoms with Gasteiger partial charge in [-0.25, -0.2) is 0 Å². The molecule has 0 bridgehead atoms. The molecule has 0 aliphatic heterocycles. The number of H-pyrrole nitrogens is 1. The summed E-state index contributed by atoms with van der Waals surface area (Å²) in [4.78, 5) is 1.06. The van der Waals surface area contributed by atoms with E-state index in [4.69, 9.17) is 10.3 Å². The summed E-state index contributed by atoms with van der Waals surface area (Å²) in [5.74, 6) is 0. The summed E-state index contributed by atoms with van der Waals surface area (Å²) in [6, 6.07) is 0. The van der Waals surface area contributed by atoms with Gasteiger partial charge in [0.05, 0.1) is 11.4 Å². The molecule has 0 spiro atoms. The Morgan fingerprint density at radius 1 is 1.29 bits per heavy atom. The highest BCUT2D eigenvalue weighted by Gasteiger charge is 2.21. The second kappa shape index (κ2) is 3.33. The van der Waals surface area contributed by atoms with Crippen LogP contribution in [0.1, 0.15) is 16.3 Å². The molecule has 3 heterocycles. The lowest BCUT2D eigenvalue weighted by Crippen LogP contribution is -1.82. The molecule has 0 unspecified atom stereocenters. The molecule has 3 rings (SSSR count). The lowest BCUT2D eigenvalue weighted by atomic mass is 10.1. The summed E-state index contributed by atoms with van der Waals surface area (Å²) in [6.45, 7) is 5.90. The van der Waals surface area contributed by atoms with Crippen LogP contribution in [0.25, 0.3) is 21.5 Å². The van der Waals surface area contributed by atoms with E-state index in [0.29, 0.717) is 11.3 Å². The van der Waals surface area contributed by atoms with Crippen LogP contribution in [0.5, 0.6) is 0 Å². The maximum absolute atomic E-state index is 5.93. The van der Waals surface area contributed by atoms with Crippen LogP contribution in [0.2, 0.25) is 0 Å². The molecule has 88 valence electrons. The van der Waals surface area contributed by atoms with Gasteiger partial charge in [-0.2, -0.15) is 5.10 Å². The van der Waals surface area contributed by atoms with E-state index in [-0.39, 0.29) is 0 Å². The first kappa shape index (κ1) is 10.3. The van der Waals surface area contributed by atoms with Crippen molar-refractivity contribution in [3.05, 3.63) is 16.3 Å². The number of rotatable bonds is 1. The average molecular weight is 248 g/mol. The third-order valence-corrected chi connectivity index (χ3v) is 4.00. The molecule has 17 heavy (non-hydrogen) atoms. The Morgan fingerprint density at radius 3 is 2.71 bits per heavy atom. The first-order valence-electron chi connectivity index (χ1n) is 5.25. The molecule has 0 saturated heterocycles. The third kappa shape index (κ3) is 1.30. The van der Waals surface area contributed by atoms with E-state index in [0.717, 1.165) is 32.2 Å². The number of aromatic nitrogens is 3. The Kier molecular flexibility index (Phi) is 2.03. The number of aryl methyl sites for hydroxylation is 3. The molecule has 0 fully saturated rings. The van der Waals surface area contributed by atoms with Crippen LogP contribution in [-0.4, -0.2) is 15.4 Å². The first-order valence-corrected chi connectivity index (χ1v) is 6.07. The zero-order valence-corrected chi connectivity index (χ0v) is 10.6. The topological polar surface area (TPSA) is 80.7 Å². The van der Waals surface area contributed by atoms with Gasteiger partial charge in [-0.05, 0) is 20.8 Å². The Hall–Kier alpha value is -1.82. The number of nitrogens with two attached hydrogens (primary N) is 1. The Balaban J connectivity index is 2.35. The van der Waals surface area contributed by atoms with Crippen LogP contribution in [-0.2, 0) is 0 Å². The van der Waals surface area contributed by atoms with Crippen LogP contribution in [0, 0.1) is 20.8 Å². The number of hydrogen-bond acceptors (Lipinski definition) is 5. The summed E-state index contributed by atoms with van der Waals surface area (Å²) in [5, 5.41) is 11.2. The van der Waals surface area contributed by atoms with Crippen LogP contribution < -0.4 is 5.73 Å². The van der Waals surface area contributed by atoms with E-state index >= 15 is 0 Å². The lowest BCUT2D eigenvalue weighted by molar-refractivity contribution is 0.460. The number of aromatic amines is 1. The number of hydrogen-bond donors (Lipinski definition) is 2. The Morgan fingerprint density at radius 2 is 2.06 bits per heavy atom. The molecule has 0 atom stereocenters. The predicted octanol–water partition coefficient (Wildman–Crippen LogP) is 2.79. The van der Waals surface area contributed by atoms with Gasteiger partial charge in [-0.1, -0.05) is 5.16 Å². The van der Waals surface area contributed by atoms with E-state index in [2.05, 4.69) is 15.4 Å². The maximum Gasteiger partial charge on any atom is 0.201 e. The molecular weight excluding hydrogens is 236 g/mol. The van der Waals surface area contributed by atoms with Gasteiger partial charge in [0, 0.05) is 16.1 Å². The molecule has 0 amide bonds. The van der Waals surface area contributed by atoms with Crippen molar-refractivity contribution in [2.24, 2.45) is 0 Å². The van der Waals surface area contributed by atoms with Crippen molar-refractivity contribution in [1.82, 2.24) is 15.4 Å². The number of nitrogen functional groups attached to an aromatic ring is 1. The van der Waals surface area contributed by atoms with Gasteiger partial charge >= 0.3 is 0 Å². The van der Waals surface area contributed by atoms with E-state index in [1.165, 1.54) is 0 Å². The molecule has 3 N–H and O–H groups in total. The zero-order valence-electron chi connectivity index (χ0n) is 9.79. The highest BCUT2D eigenvalue weighted by Crippen LogP contribution is 2.40. The first-order chi connectivity index (χ1) is 8.09. The fourth-order valence-corrected chi connectivity index (χ4v) is 2.96. The van der Waals surface area contributed by atoms with Gasteiger partial charge in [-0.3, -0.25) is 5.10 Å². The monoisotopic (exact) mass is 248 g/mol. The summed E-state index contributed by atoms with van der Waals surface area (Å²) < 4.78 is 6.32. The average Bonchev–Trinajstić information content (AvgIpc) is 2.89. The number of anilines is 1. The molecule has 0 aromatic carbocycles. The van der Waals surface area contributed by atoms with Crippen molar-refractivity contribution < 1.29 is 4.52 Å². The van der Waals surface area contributed by atoms with Crippen LogP contribution >= 0.6 is 11.3 Å². The fourth-order valence-electron chi connectivity index (χ4n) is 1.97. The van der Waals surface area contributed by atoms with Crippen LogP contribution in [0.4, 0.5) is 5.69 Å². The van der Waals surface area contributed by atoms with Gasteiger partial charge in [0.15, 0.2) is 0 Å². The molecule has 3 aromatic rings. The molecule has 3 aromatic heterocycles. The number of nitrogens with zero attached hydrogens (tertiary/aromatic N) is 2. The smallest absolute Gasteiger partial charge is 0.201 e. The molecular formula is C11H12N4OS. The number of fused-ring (bicyclic) bond motifs is 1. The van der Waals surface area contributed by atoms with Crippen molar-refractivity contribution in [2.45, 2.75) is 20.8 Å². The highest BCUT2D eigenvalue weighted by atomic mass is 32.1. The summed E-state index contributed by atoms with van der Waals surface area (Å²) in [5.41, 5.74) is 11.0. The van der Waals surface area contributed by atoms with Crippen LogP contribution in [0.3, 0.4) is 0 Å². The number of thiophene rings is 1. The molecule has 6 heteroatoms. The molecule has 5 nitrogen and oxygen atoms in total. The van der Waals surface area contributed by atoms with Gasteiger partial charge in [0.25, 0.3) is 0 Å². The van der Waals surface area contributed by atoms with E-state index < -0.39 is 0 Å². The lowest BCUT2D eigenvalue weighted by Gasteiger charge is -1.94. The normalized spacial score (nSPS) is 11.5. The Labute approximate surface area is 102 Å². The predicted molar refractivity (Wildman–Crippen MR) is 68.1 cm³/mol. The third-order valence-electron chi connectivity index (χ3n) is 2.89.